The predicted octanol–water partition coefficient (Wildman–Crippen LogP) is 0.0798. The SMILES string of the molecule is O=C(O)CCCCC(=O)NCCN1CCOCC1. The average molecular weight is 258 g/mol. The lowest BCUT2D eigenvalue weighted by atomic mass is 10.2. The summed E-state index contributed by atoms with van der Waals surface area (Å²) in [5, 5.41) is 11.3. The number of carboxylic acid groups (broad SMARTS) is 1. The fourth-order valence-corrected chi connectivity index (χ4v) is 1.83. The van der Waals surface area contributed by atoms with E-state index >= 15 is 0 Å². The normalized spacial score (nSPS) is 16.4. The molecule has 0 aromatic rings. The molecule has 1 fully saturated rings. The topological polar surface area (TPSA) is 78.9 Å². The van der Waals surface area contributed by atoms with Crippen molar-refractivity contribution in [3.05, 3.63) is 0 Å². The summed E-state index contributed by atoms with van der Waals surface area (Å²) in [6.07, 6.45) is 1.75. The molecule has 0 saturated carbocycles. The summed E-state index contributed by atoms with van der Waals surface area (Å²) in [5.74, 6) is -0.795. The smallest absolute Gasteiger partial charge is 0.303 e. The number of carboxylic acids is 1. The highest BCUT2D eigenvalue weighted by Crippen LogP contribution is 1.99. The minimum absolute atomic E-state index is 0.00801. The zero-order valence-electron chi connectivity index (χ0n) is 10.7. The number of aliphatic carboxylic acids is 1. The molecule has 0 atom stereocenters. The standard InChI is InChI=1S/C12H22N2O4/c15-11(3-1-2-4-12(16)17)13-5-6-14-7-9-18-10-8-14/h1-10H2,(H,13,15)(H,16,17). The third-order valence-electron chi connectivity index (χ3n) is 2.90. The van der Waals surface area contributed by atoms with Crippen molar-refractivity contribution in [2.75, 3.05) is 39.4 Å². The minimum Gasteiger partial charge on any atom is -0.481 e. The number of nitrogens with zero attached hydrogens (tertiary/aromatic N) is 1. The van der Waals surface area contributed by atoms with E-state index in [1.165, 1.54) is 0 Å². The number of carbonyl (C=O) groups is 2. The van der Waals surface area contributed by atoms with Crippen LogP contribution in [0.5, 0.6) is 0 Å². The van der Waals surface area contributed by atoms with Crippen LogP contribution < -0.4 is 5.32 Å². The molecule has 0 bridgehead atoms. The van der Waals surface area contributed by atoms with Crippen LogP contribution in [0.4, 0.5) is 0 Å². The average Bonchev–Trinajstić information content (AvgIpc) is 2.36. The van der Waals surface area contributed by atoms with Gasteiger partial charge in [-0.1, -0.05) is 0 Å². The molecule has 0 unspecified atom stereocenters. The van der Waals surface area contributed by atoms with Crippen molar-refractivity contribution in [1.29, 1.82) is 0 Å². The number of amides is 1. The van der Waals surface area contributed by atoms with E-state index in [0.717, 1.165) is 32.8 Å². The highest BCUT2D eigenvalue weighted by Gasteiger charge is 2.10. The van der Waals surface area contributed by atoms with Gasteiger partial charge in [0, 0.05) is 39.0 Å². The Morgan fingerprint density at radius 2 is 1.83 bits per heavy atom. The molecule has 104 valence electrons. The lowest BCUT2D eigenvalue weighted by Crippen LogP contribution is -2.41. The Morgan fingerprint density at radius 1 is 1.17 bits per heavy atom. The molecule has 1 aliphatic heterocycles. The van der Waals surface area contributed by atoms with Gasteiger partial charge < -0.3 is 15.2 Å². The molecule has 1 amide bonds. The maximum atomic E-state index is 11.4. The monoisotopic (exact) mass is 258 g/mol. The zero-order chi connectivity index (χ0) is 13.2. The molecule has 2 N–H and O–H groups in total. The summed E-state index contributed by atoms with van der Waals surface area (Å²) in [5.41, 5.74) is 0. The first-order chi connectivity index (χ1) is 8.68. The Kier molecular flexibility index (Phi) is 7.36. The number of rotatable bonds is 8. The van der Waals surface area contributed by atoms with Gasteiger partial charge >= 0.3 is 5.97 Å². The molecule has 1 saturated heterocycles. The second-order valence-corrected chi connectivity index (χ2v) is 4.40. The summed E-state index contributed by atoms with van der Waals surface area (Å²) in [6, 6.07) is 0. The van der Waals surface area contributed by atoms with Crippen LogP contribution in [0.2, 0.25) is 0 Å². The molecule has 6 nitrogen and oxygen atoms in total. The van der Waals surface area contributed by atoms with Crippen LogP contribution in [0.15, 0.2) is 0 Å². The van der Waals surface area contributed by atoms with Crippen LogP contribution in [0, 0.1) is 0 Å². The lowest BCUT2D eigenvalue weighted by molar-refractivity contribution is -0.137. The molecule has 1 heterocycles. The van der Waals surface area contributed by atoms with Gasteiger partial charge in [-0.2, -0.15) is 0 Å². The van der Waals surface area contributed by atoms with Crippen LogP contribution in [-0.2, 0) is 14.3 Å². The van der Waals surface area contributed by atoms with Gasteiger partial charge in [0.15, 0.2) is 0 Å². The predicted molar refractivity (Wildman–Crippen MR) is 66.4 cm³/mol. The Hall–Kier alpha value is -1.14. The minimum atomic E-state index is -0.803. The molecule has 6 heteroatoms. The Morgan fingerprint density at radius 3 is 2.50 bits per heavy atom. The molecule has 0 spiro atoms. The van der Waals surface area contributed by atoms with Gasteiger partial charge in [-0.15, -0.1) is 0 Å². The Balaban J connectivity index is 1.94. The van der Waals surface area contributed by atoms with Crippen molar-refractivity contribution >= 4 is 11.9 Å². The van der Waals surface area contributed by atoms with E-state index in [1.807, 2.05) is 0 Å². The molecular formula is C12H22N2O4. The lowest BCUT2D eigenvalue weighted by Gasteiger charge is -2.26. The number of hydrogen-bond acceptors (Lipinski definition) is 4. The summed E-state index contributed by atoms with van der Waals surface area (Å²) in [4.78, 5) is 24.0. The molecule has 0 aromatic heterocycles. The van der Waals surface area contributed by atoms with E-state index < -0.39 is 5.97 Å². The molecule has 0 radical (unpaired) electrons. The fraction of sp³-hybridized carbons (Fsp3) is 0.833. The Labute approximate surface area is 107 Å². The van der Waals surface area contributed by atoms with Gasteiger partial charge in [0.25, 0.3) is 0 Å². The molecule has 18 heavy (non-hydrogen) atoms. The third-order valence-corrected chi connectivity index (χ3v) is 2.90. The van der Waals surface area contributed by atoms with Crippen LogP contribution in [0.1, 0.15) is 25.7 Å². The quantitative estimate of drug-likeness (QED) is 0.603. The van der Waals surface area contributed by atoms with Crippen LogP contribution in [0.3, 0.4) is 0 Å². The first-order valence-electron chi connectivity index (χ1n) is 6.47. The number of hydrogen-bond donors (Lipinski definition) is 2. The summed E-state index contributed by atoms with van der Waals surface area (Å²) < 4.78 is 5.23. The van der Waals surface area contributed by atoms with E-state index in [2.05, 4.69) is 10.2 Å². The highest BCUT2D eigenvalue weighted by atomic mass is 16.5. The van der Waals surface area contributed by atoms with Crippen molar-refractivity contribution in [2.45, 2.75) is 25.7 Å². The fourth-order valence-electron chi connectivity index (χ4n) is 1.83. The second-order valence-electron chi connectivity index (χ2n) is 4.40. The molecule has 0 aromatic carbocycles. The number of nitrogens with one attached hydrogen (secondary N) is 1. The van der Waals surface area contributed by atoms with Crippen LogP contribution >= 0.6 is 0 Å². The molecule has 1 rings (SSSR count). The van der Waals surface area contributed by atoms with Gasteiger partial charge in [-0.25, -0.2) is 0 Å². The van der Waals surface area contributed by atoms with Crippen molar-refractivity contribution in [1.82, 2.24) is 10.2 Å². The molecular weight excluding hydrogens is 236 g/mol. The second kappa shape index (κ2) is 8.88. The number of unbranched alkanes of at least 4 members (excludes halogenated alkanes) is 1. The number of morpholine rings is 1. The Bertz CT molecular complexity index is 265. The number of carbonyl (C=O) groups excluding carboxylic acids is 1. The highest BCUT2D eigenvalue weighted by molar-refractivity contribution is 5.75. The van der Waals surface area contributed by atoms with E-state index in [4.69, 9.17) is 9.84 Å². The molecule has 1 aliphatic rings. The zero-order valence-corrected chi connectivity index (χ0v) is 10.7. The van der Waals surface area contributed by atoms with Crippen LogP contribution in [0.25, 0.3) is 0 Å². The van der Waals surface area contributed by atoms with Crippen molar-refractivity contribution in [3.63, 3.8) is 0 Å². The van der Waals surface area contributed by atoms with Gasteiger partial charge in [0.05, 0.1) is 13.2 Å². The van der Waals surface area contributed by atoms with Gasteiger partial charge in [0.2, 0.25) is 5.91 Å². The largest absolute Gasteiger partial charge is 0.481 e. The van der Waals surface area contributed by atoms with Crippen molar-refractivity contribution < 1.29 is 19.4 Å². The summed E-state index contributed by atoms with van der Waals surface area (Å²) in [7, 11) is 0. The van der Waals surface area contributed by atoms with Gasteiger partial charge in [-0.3, -0.25) is 14.5 Å². The summed E-state index contributed by atoms with van der Waals surface area (Å²) in [6.45, 7) is 4.89. The summed E-state index contributed by atoms with van der Waals surface area (Å²) >= 11 is 0. The van der Waals surface area contributed by atoms with E-state index in [1.54, 1.807) is 0 Å². The first-order valence-corrected chi connectivity index (χ1v) is 6.47. The maximum absolute atomic E-state index is 11.4. The van der Waals surface area contributed by atoms with Gasteiger partial charge in [0.1, 0.15) is 0 Å². The van der Waals surface area contributed by atoms with Crippen molar-refractivity contribution in [3.8, 4) is 0 Å². The van der Waals surface area contributed by atoms with Crippen molar-refractivity contribution in [2.24, 2.45) is 0 Å². The van der Waals surface area contributed by atoms with Crippen LogP contribution in [-0.4, -0.2) is 61.3 Å². The van der Waals surface area contributed by atoms with E-state index in [9.17, 15) is 9.59 Å². The third kappa shape index (κ3) is 7.24. The van der Waals surface area contributed by atoms with E-state index in [-0.39, 0.29) is 12.3 Å². The molecule has 0 aliphatic carbocycles. The first kappa shape index (κ1) is 14.9. The van der Waals surface area contributed by atoms with E-state index in [0.29, 0.717) is 25.8 Å². The maximum Gasteiger partial charge on any atom is 0.303 e. The number of ether oxygens (including phenoxy) is 1. The van der Waals surface area contributed by atoms with Gasteiger partial charge in [-0.05, 0) is 12.8 Å².